The van der Waals surface area contributed by atoms with E-state index in [1.807, 2.05) is 6.07 Å². The molecule has 19 heavy (non-hydrogen) atoms. The second-order valence-corrected chi connectivity index (χ2v) is 4.74. The fourth-order valence-corrected chi connectivity index (χ4v) is 2.36. The highest BCUT2D eigenvalue weighted by atomic mass is 35.5. The molecule has 0 spiro atoms. The molecule has 2 rings (SSSR count). The lowest BCUT2D eigenvalue weighted by Crippen LogP contribution is -2.37. The SMILES string of the molecule is N#Cc1ccc(CN2C(=O)CCC2C(=O)O)c(Cl)c1. The van der Waals surface area contributed by atoms with Crippen LogP contribution in [-0.2, 0) is 16.1 Å². The van der Waals surface area contributed by atoms with E-state index in [1.54, 1.807) is 12.1 Å². The summed E-state index contributed by atoms with van der Waals surface area (Å²) in [7, 11) is 0. The van der Waals surface area contributed by atoms with Crippen LogP contribution in [0.1, 0.15) is 24.0 Å². The zero-order chi connectivity index (χ0) is 14.0. The largest absolute Gasteiger partial charge is 0.480 e. The predicted octanol–water partition coefficient (Wildman–Crippen LogP) is 1.79. The second-order valence-electron chi connectivity index (χ2n) is 4.33. The number of hydrogen-bond donors (Lipinski definition) is 1. The van der Waals surface area contributed by atoms with Gasteiger partial charge in [0.1, 0.15) is 6.04 Å². The monoisotopic (exact) mass is 278 g/mol. The number of carboxylic acid groups (broad SMARTS) is 1. The van der Waals surface area contributed by atoms with Crippen LogP contribution in [0, 0.1) is 11.3 Å². The number of hydrogen-bond acceptors (Lipinski definition) is 3. The molecule has 0 aromatic heterocycles. The van der Waals surface area contributed by atoms with Gasteiger partial charge in [-0.05, 0) is 24.1 Å². The zero-order valence-electron chi connectivity index (χ0n) is 9.97. The molecule has 1 N–H and O–H groups in total. The number of nitriles is 1. The summed E-state index contributed by atoms with van der Waals surface area (Å²) in [5.74, 6) is -1.19. The molecule has 1 unspecified atom stereocenters. The third kappa shape index (κ3) is 2.69. The lowest BCUT2D eigenvalue weighted by Gasteiger charge is -2.22. The molecule has 0 radical (unpaired) electrons. The Kier molecular flexibility index (Phi) is 3.72. The van der Waals surface area contributed by atoms with Gasteiger partial charge in [-0.15, -0.1) is 0 Å². The van der Waals surface area contributed by atoms with Crippen LogP contribution >= 0.6 is 11.6 Å². The highest BCUT2D eigenvalue weighted by molar-refractivity contribution is 6.31. The van der Waals surface area contributed by atoms with Crippen molar-refractivity contribution in [3.8, 4) is 6.07 Å². The summed E-state index contributed by atoms with van der Waals surface area (Å²) in [6.45, 7) is 0.153. The summed E-state index contributed by atoms with van der Waals surface area (Å²) in [6.07, 6.45) is 0.562. The molecular weight excluding hydrogens is 268 g/mol. The average molecular weight is 279 g/mol. The number of carbonyl (C=O) groups excluding carboxylic acids is 1. The molecule has 1 aliphatic rings. The zero-order valence-corrected chi connectivity index (χ0v) is 10.7. The quantitative estimate of drug-likeness (QED) is 0.914. The number of benzene rings is 1. The van der Waals surface area contributed by atoms with Crippen molar-refractivity contribution in [3.05, 3.63) is 34.3 Å². The van der Waals surface area contributed by atoms with Crippen LogP contribution in [0.3, 0.4) is 0 Å². The van der Waals surface area contributed by atoms with E-state index in [0.29, 0.717) is 22.6 Å². The molecule has 6 heteroatoms. The van der Waals surface area contributed by atoms with E-state index < -0.39 is 12.0 Å². The van der Waals surface area contributed by atoms with Crippen molar-refractivity contribution < 1.29 is 14.7 Å². The van der Waals surface area contributed by atoms with Gasteiger partial charge < -0.3 is 10.0 Å². The summed E-state index contributed by atoms with van der Waals surface area (Å²) in [4.78, 5) is 24.1. The molecule has 1 aliphatic heterocycles. The third-order valence-electron chi connectivity index (χ3n) is 3.14. The first-order chi connectivity index (χ1) is 9.02. The van der Waals surface area contributed by atoms with Crippen LogP contribution < -0.4 is 0 Å². The maximum atomic E-state index is 11.7. The standard InChI is InChI=1S/C13H11ClN2O3/c14-10-5-8(6-15)1-2-9(10)7-16-11(13(18)19)3-4-12(16)17/h1-2,5,11H,3-4,7H2,(H,18,19). The van der Waals surface area contributed by atoms with Gasteiger partial charge in [0.25, 0.3) is 0 Å². The molecule has 98 valence electrons. The highest BCUT2D eigenvalue weighted by Crippen LogP contribution is 2.25. The summed E-state index contributed by atoms with van der Waals surface area (Å²) in [6, 6.07) is 5.92. The fraction of sp³-hybridized carbons (Fsp3) is 0.308. The smallest absolute Gasteiger partial charge is 0.326 e. The number of rotatable bonds is 3. The van der Waals surface area contributed by atoms with E-state index in [0.717, 1.165) is 0 Å². The molecule has 0 bridgehead atoms. The van der Waals surface area contributed by atoms with Crippen molar-refractivity contribution in [2.75, 3.05) is 0 Å². The number of likely N-dealkylation sites (tertiary alicyclic amines) is 1. The predicted molar refractivity (Wildman–Crippen MR) is 67.4 cm³/mol. The van der Waals surface area contributed by atoms with E-state index in [-0.39, 0.29) is 18.9 Å². The number of carboxylic acids is 1. The first-order valence-electron chi connectivity index (χ1n) is 5.73. The van der Waals surface area contributed by atoms with Gasteiger partial charge in [-0.25, -0.2) is 4.79 Å². The minimum atomic E-state index is -1.00. The van der Waals surface area contributed by atoms with Crippen LogP contribution in [0.2, 0.25) is 5.02 Å². The van der Waals surface area contributed by atoms with Crippen molar-refractivity contribution in [3.63, 3.8) is 0 Å². The van der Waals surface area contributed by atoms with Crippen molar-refractivity contribution >= 4 is 23.5 Å². The third-order valence-corrected chi connectivity index (χ3v) is 3.49. The Balaban J connectivity index is 2.23. The maximum absolute atomic E-state index is 11.7. The molecule has 0 saturated carbocycles. The van der Waals surface area contributed by atoms with Gasteiger partial charge in [-0.3, -0.25) is 4.79 Å². The molecule has 1 saturated heterocycles. The summed E-state index contributed by atoms with van der Waals surface area (Å²) in [5, 5.41) is 18.2. The molecule has 0 aliphatic carbocycles. The molecule has 1 heterocycles. The Hall–Kier alpha value is -2.06. The fourth-order valence-electron chi connectivity index (χ4n) is 2.12. The Bertz CT molecular complexity index is 580. The summed E-state index contributed by atoms with van der Waals surface area (Å²) >= 11 is 6.03. The minimum absolute atomic E-state index is 0.153. The Morgan fingerprint density at radius 3 is 2.89 bits per heavy atom. The van der Waals surface area contributed by atoms with Crippen LogP contribution in [0.25, 0.3) is 0 Å². The number of halogens is 1. The van der Waals surface area contributed by atoms with Gasteiger partial charge in [-0.1, -0.05) is 17.7 Å². The Labute approximate surface area is 115 Å². The average Bonchev–Trinajstić information content (AvgIpc) is 2.73. The van der Waals surface area contributed by atoms with E-state index in [1.165, 1.54) is 11.0 Å². The van der Waals surface area contributed by atoms with Crippen LogP contribution in [0.15, 0.2) is 18.2 Å². The van der Waals surface area contributed by atoms with Gasteiger partial charge in [0, 0.05) is 18.0 Å². The first kappa shape index (κ1) is 13.4. The summed E-state index contributed by atoms with van der Waals surface area (Å²) < 4.78 is 0. The van der Waals surface area contributed by atoms with Gasteiger partial charge in [0.15, 0.2) is 0 Å². The topological polar surface area (TPSA) is 81.4 Å². The molecule has 1 fully saturated rings. The van der Waals surface area contributed by atoms with Gasteiger partial charge in [0.2, 0.25) is 5.91 Å². The molecule has 1 atom stereocenters. The van der Waals surface area contributed by atoms with Crippen molar-refractivity contribution in [1.82, 2.24) is 4.90 Å². The number of carbonyl (C=O) groups is 2. The van der Waals surface area contributed by atoms with Gasteiger partial charge in [0.05, 0.1) is 11.6 Å². The molecule has 1 aromatic carbocycles. The normalized spacial score (nSPS) is 18.4. The van der Waals surface area contributed by atoms with Gasteiger partial charge in [-0.2, -0.15) is 5.26 Å². The Morgan fingerprint density at radius 1 is 1.58 bits per heavy atom. The maximum Gasteiger partial charge on any atom is 0.326 e. The lowest BCUT2D eigenvalue weighted by molar-refractivity contribution is -0.146. The van der Waals surface area contributed by atoms with Gasteiger partial charge >= 0.3 is 5.97 Å². The number of amides is 1. The number of nitrogens with zero attached hydrogens (tertiary/aromatic N) is 2. The van der Waals surface area contributed by atoms with E-state index >= 15 is 0 Å². The molecule has 1 aromatic rings. The lowest BCUT2D eigenvalue weighted by atomic mass is 10.1. The molecular formula is C13H11ClN2O3. The minimum Gasteiger partial charge on any atom is -0.480 e. The van der Waals surface area contributed by atoms with E-state index in [9.17, 15) is 9.59 Å². The van der Waals surface area contributed by atoms with Crippen LogP contribution in [0.5, 0.6) is 0 Å². The van der Waals surface area contributed by atoms with Crippen LogP contribution in [0.4, 0.5) is 0 Å². The Morgan fingerprint density at radius 2 is 2.32 bits per heavy atom. The van der Waals surface area contributed by atoms with Crippen molar-refractivity contribution in [2.24, 2.45) is 0 Å². The summed E-state index contributed by atoms with van der Waals surface area (Å²) in [5.41, 5.74) is 1.07. The van der Waals surface area contributed by atoms with E-state index in [4.69, 9.17) is 22.0 Å². The molecule has 1 amide bonds. The van der Waals surface area contributed by atoms with Crippen molar-refractivity contribution in [1.29, 1.82) is 5.26 Å². The second kappa shape index (κ2) is 5.29. The van der Waals surface area contributed by atoms with Crippen LogP contribution in [-0.4, -0.2) is 27.9 Å². The highest BCUT2D eigenvalue weighted by Gasteiger charge is 2.36. The number of aliphatic carboxylic acids is 1. The first-order valence-corrected chi connectivity index (χ1v) is 6.11. The molecule has 5 nitrogen and oxygen atoms in total. The van der Waals surface area contributed by atoms with Crippen molar-refractivity contribution in [2.45, 2.75) is 25.4 Å². The van der Waals surface area contributed by atoms with E-state index in [2.05, 4.69) is 0 Å².